The monoisotopic (exact) mass is 301 g/mol. The van der Waals surface area contributed by atoms with Gasteiger partial charge >= 0.3 is 0 Å². The Morgan fingerprint density at radius 2 is 2.32 bits per heavy atom. The zero-order chi connectivity index (χ0) is 15.3. The van der Waals surface area contributed by atoms with Crippen molar-refractivity contribution in [1.29, 1.82) is 0 Å². The van der Waals surface area contributed by atoms with Gasteiger partial charge in [0.2, 0.25) is 0 Å². The number of hydrogen-bond acceptors (Lipinski definition) is 5. The zero-order valence-electron chi connectivity index (χ0n) is 12.5. The standard InChI is InChI=1S/C15H19N5O2/c1-19-6-3-10(17-19)12-7-11(18-22-12)14(21)20-8-13(16)15(9-20)4-2-5-15/h3,6-7,13H,2,4-5,8-9,16H2,1H3. The molecule has 7 heteroatoms. The zero-order valence-corrected chi connectivity index (χ0v) is 12.5. The van der Waals surface area contributed by atoms with Gasteiger partial charge < -0.3 is 15.2 Å². The largest absolute Gasteiger partial charge is 0.354 e. The lowest BCUT2D eigenvalue weighted by molar-refractivity contribution is 0.0717. The lowest BCUT2D eigenvalue weighted by Crippen LogP contribution is -2.45. The molecule has 22 heavy (non-hydrogen) atoms. The van der Waals surface area contributed by atoms with Gasteiger partial charge in [0.15, 0.2) is 11.5 Å². The minimum absolute atomic E-state index is 0.0763. The number of carbonyl (C=O) groups excluding carboxylic acids is 1. The summed E-state index contributed by atoms with van der Waals surface area (Å²) in [7, 11) is 1.83. The van der Waals surface area contributed by atoms with Crippen LogP contribution in [-0.2, 0) is 7.05 Å². The van der Waals surface area contributed by atoms with Gasteiger partial charge in [-0.1, -0.05) is 11.6 Å². The van der Waals surface area contributed by atoms with Crippen LogP contribution in [0.2, 0.25) is 0 Å². The van der Waals surface area contributed by atoms with Crippen molar-refractivity contribution in [2.75, 3.05) is 13.1 Å². The molecule has 0 bridgehead atoms. The van der Waals surface area contributed by atoms with Gasteiger partial charge in [0.25, 0.3) is 5.91 Å². The van der Waals surface area contributed by atoms with Crippen LogP contribution in [0, 0.1) is 5.41 Å². The number of nitrogens with zero attached hydrogens (tertiary/aromatic N) is 4. The third kappa shape index (κ3) is 1.96. The fourth-order valence-corrected chi connectivity index (χ4v) is 3.51. The van der Waals surface area contributed by atoms with Crippen molar-refractivity contribution >= 4 is 5.91 Å². The smallest absolute Gasteiger partial charge is 0.276 e. The third-order valence-electron chi connectivity index (χ3n) is 5.04. The number of carbonyl (C=O) groups is 1. The SMILES string of the molecule is Cn1ccc(-c2cc(C(=O)N3CC(N)C4(CCC4)C3)no2)n1. The molecule has 1 amide bonds. The second-order valence-corrected chi connectivity index (χ2v) is 6.46. The number of rotatable bonds is 2. The van der Waals surface area contributed by atoms with Gasteiger partial charge in [0.1, 0.15) is 5.69 Å². The molecule has 116 valence electrons. The topological polar surface area (TPSA) is 90.2 Å². The molecule has 1 unspecified atom stereocenters. The molecule has 2 N–H and O–H groups in total. The van der Waals surface area contributed by atoms with Crippen LogP contribution < -0.4 is 5.73 Å². The Hall–Kier alpha value is -2.15. The highest BCUT2D eigenvalue weighted by Crippen LogP contribution is 2.47. The highest BCUT2D eigenvalue weighted by Gasteiger charge is 2.50. The van der Waals surface area contributed by atoms with Gasteiger partial charge in [-0.3, -0.25) is 9.48 Å². The van der Waals surface area contributed by atoms with Crippen LogP contribution in [0.4, 0.5) is 0 Å². The van der Waals surface area contributed by atoms with Crippen LogP contribution in [0.5, 0.6) is 0 Å². The molecule has 2 aromatic rings. The Kier molecular flexibility index (Phi) is 2.87. The number of nitrogens with two attached hydrogens (primary N) is 1. The van der Waals surface area contributed by atoms with Crippen LogP contribution in [0.3, 0.4) is 0 Å². The summed E-state index contributed by atoms with van der Waals surface area (Å²) >= 11 is 0. The van der Waals surface area contributed by atoms with Gasteiger partial charge in [0, 0.05) is 43.9 Å². The van der Waals surface area contributed by atoms with Crippen molar-refractivity contribution in [3.05, 3.63) is 24.0 Å². The molecule has 7 nitrogen and oxygen atoms in total. The van der Waals surface area contributed by atoms with E-state index < -0.39 is 0 Å². The average Bonchev–Trinajstić information content (AvgIpc) is 3.14. The molecule has 1 saturated heterocycles. The summed E-state index contributed by atoms with van der Waals surface area (Å²) in [6, 6.07) is 3.55. The van der Waals surface area contributed by atoms with Gasteiger partial charge in [-0.25, -0.2) is 0 Å². The number of aromatic nitrogens is 3. The molecule has 4 rings (SSSR count). The minimum Gasteiger partial charge on any atom is -0.354 e. The van der Waals surface area contributed by atoms with Crippen LogP contribution in [0.15, 0.2) is 22.9 Å². The second kappa shape index (κ2) is 4.67. The van der Waals surface area contributed by atoms with Crippen molar-refractivity contribution in [3.63, 3.8) is 0 Å². The van der Waals surface area contributed by atoms with Gasteiger partial charge in [-0.05, 0) is 18.9 Å². The first-order chi connectivity index (χ1) is 10.6. The normalized spacial score (nSPS) is 23.0. The maximum Gasteiger partial charge on any atom is 0.276 e. The summed E-state index contributed by atoms with van der Waals surface area (Å²) in [5.41, 5.74) is 7.36. The van der Waals surface area contributed by atoms with Gasteiger partial charge in [-0.2, -0.15) is 5.10 Å². The first-order valence-corrected chi connectivity index (χ1v) is 7.59. The van der Waals surface area contributed by atoms with Crippen molar-refractivity contribution in [2.45, 2.75) is 25.3 Å². The number of aryl methyl sites for hydroxylation is 1. The molecule has 1 aliphatic carbocycles. The molecular weight excluding hydrogens is 282 g/mol. The van der Waals surface area contributed by atoms with E-state index in [4.69, 9.17) is 10.3 Å². The Morgan fingerprint density at radius 1 is 1.50 bits per heavy atom. The summed E-state index contributed by atoms with van der Waals surface area (Å²) in [5.74, 6) is 0.399. The number of likely N-dealkylation sites (tertiary alicyclic amines) is 1. The molecule has 2 fully saturated rings. The van der Waals surface area contributed by atoms with E-state index in [9.17, 15) is 4.79 Å². The summed E-state index contributed by atoms with van der Waals surface area (Å²) in [6.07, 6.45) is 5.27. The molecule has 0 radical (unpaired) electrons. The van der Waals surface area contributed by atoms with Crippen LogP contribution in [-0.4, -0.2) is 44.9 Å². The Labute approximate surface area is 128 Å². The first kappa shape index (κ1) is 13.5. The highest BCUT2D eigenvalue weighted by atomic mass is 16.5. The molecule has 3 heterocycles. The second-order valence-electron chi connectivity index (χ2n) is 6.46. The maximum absolute atomic E-state index is 12.6. The molecule has 1 aliphatic heterocycles. The van der Waals surface area contributed by atoms with Crippen molar-refractivity contribution in [2.24, 2.45) is 18.2 Å². The molecular formula is C15H19N5O2. The summed E-state index contributed by atoms with van der Waals surface area (Å²) in [4.78, 5) is 14.4. The minimum atomic E-state index is -0.106. The quantitative estimate of drug-likeness (QED) is 0.894. The van der Waals surface area contributed by atoms with E-state index >= 15 is 0 Å². The van der Waals surface area contributed by atoms with Crippen LogP contribution >= 0.6 is 0 Å². The fraction of sp³-hybridized carbons (Fsp3) is 0.533. The van der Waals surface area contributed by atoms with Gasteiger partial charge in [0.05, 0.1) is 0 Å². The average molecular weight is 301 g/mol. The van der Waals surface area contributed by atoms with Crippen molar-refractivity contribution in [1.82, 2.24) is 19.8 Å². The van der Waals surface area contributed by atoms with E-state index in [-0.39, 0.29) is 17.4 Å². The van der Waals surface area contributed by atoms with Crippen LogP contribution in [0.1, 0.15) is 29.8 Å². The molecule has 2 aromatic heterocycles. The van der Waals surface area contributed by atoms with E-state index in [1.165, 1.54) is 6.42 Å². The molecule has 0 aromatic carbocycles. The van der Waals surface area contributed by atoms with E-state index in [1.807, 2.05) is 24.2 Å². The molecule has 2 aliphatic rings. The first-order valence-electron chi connectivity index (χ1n) is 7.59. The van der Waals surface area contributed by atoms with Crippen LogP contribution in [0.25, 0.3) is 11.5 Å². The Bertz CT molecular complexity index is 715. The Balaban J connectivity index is 1.53. The summed E-state index contributed by atoms with van der Waals surface area (Å²) in [5, 5.41) is 8.15. The third-order valence-corrected chi connectivity index (χ3v) is 5.04. The van der Waals surface area contributed by atoms with E-state index in [2.05, 4.69) is 10.3 Å². The molecule has 1 atom stereocenters. The van der Waals surface area contributed by atoms with E-state index in [0.717, 1.165) is 19.4 Å². The van der Waals surface area contributed by atoms with Crippen molar-refractivity contribution < 1.29 is 9.32 Å². The highest BCUT2D eigenvalue weighted by molar-refractivity contribution is 5.93. The van der Waals surface area contributed by atoms with Crippen molar-refractivity contribution in [3.8, 4) is 11.5 Å². The van der Waals surface area contributed by atoms with E-state index in [0.29, 0.717) is 23.7 Å². The molecule has 1 spiro atoms. The lowest BCUT2D eigenvalue weighted by Gasteiger charge is -2.41. The molecule has 1 saturated carbocycles. The predicted octanol–water partition coefficient (Wildman–Crippen LogP) is 1.03. The van der Waals surface area contributed by atoms with E-state index in [1.54, 1.807) is 10.7 Å². The fourth-order valence-electron chi connectivity index (χ4n) is 3.51. The lowest BCUT2D eigenvalue weighted by atomic mass is 9.66. The number of amides is 1. The predicted molar refractivity (Wildman–Crippen MR) is 78.9 cm³/mol. The summed E-state index contributed by atoms with van der Waals surface area (Å²) < 4.78 is 6.94. The summed E-state index contributed by atoms with van der Waals surface area (Å²) in [6.45, 7) is 1.34. The number of hydrogen-bond donors (Lipinski definition) is 1. The Morgan fingerprint density at radius 3 is 2.91 bits per heavy atom. The maximum atomic E-state index is 12.6. The van der Waals surface area contributed by atoms with Gasteiger partial charge in [-0.15, -0.1) is 0 Å².